The van der Waals surface area contributed by atoms with Crippen molar-refractivity contribution in [1.82, 2.24) is 30.2 Å². The number of nitrogens with one attached hydrogen (secondary N) is 3. The Balaban J connectivity index is 1.22. The van der Waals surface area contributed by atoms with Crippen molar-refractivity contribution in [3.8, 4) is 11.5 Å². The topological polar surface area (TPSA) is 118 Å². The molecule has 1 atom stereocenters. The summed E-state index contributed by atoms with van der Waals surface area (Å²) in [4.78, 5) is 34.9. The predicted octanol–water partition coefficient (Wildman–Crippen LogP) is 3.91. The molecule has 0 spiro atoms. The lowest BCUT2D eigenvalue weighted by Gasteiger charge is -2.21. The lowest BCUT2D eigenvalue weighted by atomic mass is 9.99. The molecule has 1 aromatic carbocycles. The SMILES string of the molecule is Cc1cccc(-c2nccc(Nc3ccnc(Cc4ccc(NC(=O)C5CCCNC5)cc4)n3)n2)n1. The molecular weight excluding hydrogens is 452 g/mol. The second-order valence-electron chi connectivity index (χ2n) is 8.82. The van der Waals surface area contributed by atoms with Crippen LogP contribution in [0.5, 0.6) is 0 Å². The monoisotopic (exact) mass is 480 g/mol. The summed E-state index contributed by atoms with van der Waals surface area (Å²) < 4.78 is 0. The summed E-state index contributed by atoms with van der Waals surface area (Å²) in [5.74, 6) is 2.60. The van der Waals surface area contributed by atoms with Crippen molar-refractivity contribution in [2.75, 3.05) is 23.7 Å². The molecule has 3 N–H and O–H groups in total. The molecule has 3 aromatic heterocycles. The second-order valence-corrected chi connectivity index (χ2v) is 8.82. The molecule has 1 unspecified atom stereocenters. The minimum Gasteiger partial charge on any atom is -0.326 e. The minimum atomic E-state index is 0.0288. The zero-order valence-corrected chi connectivity index (χ0v) is 20.1. The predicted molar refractivity (Wildman–Crippen MR) is 139 cm³/mol. The smallest absolute Gasteiger partial charge is 0.228 e. The third-order valence-corrected chi connectivity index (χ3v) is 5.99. The maximum atomic E-state index is 12.5. The fourth-order valence-electron chi connectivity index (χ4n) is 4.11. The Kier molecular flexibility index (Phi) is 7.18. The number of piperidine rings is 1. The summed E-state index contributed by atoms with van der Waals surface area (Å²) in [6, 6.07) is 17.2. The summed E-state index contributed by atoms with van der Waals surface area (Å²) in [5, 5.41) is 9.54. The van der Waals surface area contributed by atoms with E-state index in [9.17, 15) is 4.79 Å². The van der Waals surface area contributed by atoms with Crippen LogP contribution in [0, 0.1) is 12.8 Å². The molecule has 0 radical (unpaired) electrons. The molecule has 4 heterocycles. The molecule has 1 saturated heterocycles. The number of benzene rings is 1. The van der Waals surface area contributed by atoms with Gasteiger partial charge in [-0.05, 0) is 68.3 Å². The average Bonchev–Trinajstić information content (AvgIpc) is 2.91. The number of carbonyl (C=O) groups excluding carboxylic acids is 1. The standard InChI is InChI=1S/C27H28N8O/c1-18-4-2-6-22(31-18)26-30-15-12-24(35-26)33-23-11-14-29-25(34-23)16-19-7-9-21(10-8-19)32-27(36)20-5-3-13-28-17-20/h2,4,6-12,14-15,20,28H,3,5,13,16-17H2,1H3,(H,32,36)(H,29,30,33,34,35). The highest BCUT2D eigenvalue weighted by Crippen LogP contribution is 2.19. The summed E-state index contributed by atoms with van der Waals surface area (Å²) in [7, 11) is 0. The minimum absolute atomic E-state index is 0.0288. The third kappa shape index (κ3) is 6.05. The van der Waals surface area contributed by atoms with Gasteiger partial charge in [0.2, 0.25) is 5.91 Å². The Morgan fingerprint density at radius 1 is 0.972 bits per heavy atom. The van der Waals surface area contributed by atoms with E-state index in [1.54, 1.807) is 24.5 Å². The zero-order chi connectivity index (χ0) is 24.7. The number of amides is 1. The molecule has 1 amide bonds. The molecule has 1 fully saturated rings. The van der Waals surface area contributed by atoms with Crippen molar-refractivity contribution < 1.29 is 4.79 Å². The lowest BCUT2D eigenvalue weighted by molar-refractivity contribution is -0.120. The average molecular weight is 481 g/mol. The fraction of sp³-hybridized carbons (Fsp3) is 0.259. The van der Waals surface area contributed by atoms with Gasteiger partial charge in [0.25, 0.3) is 0 Å². The highest BCUT2D eigenvalue weighted by molar-refractivity contribution is 5.92. The van der Waals surface area contributed by atoms with Crippen LogP contribution < -0.4 is 16.0 Å². The number of pyridine rings is 1. The normalized spacial score (nSPS) is 15.3. The van der Waals surface area contributed by atoms with Crippen molar-refractivity contribution in [1.29, 1.82) is 0 Å². The number of nitrogens with zero attached hydrogens (tertiary/aromatic N) is 5. The first-order valence-electron chi connectivity index (χ1n) is 12.1. The van der Waals surface area contributed by atoms with Crippen LogP contribution in [0.1, 0.15) is 29.9 Å². The molecular formula is C27H28N8O. The largest absolute Gasteiger partial charge is 0.326 e. The van der Waals surface area contributed by atoms with Crippen LogP contribution in [-0.4, -0.2) is 43.9 Å². The van der Waals surface area contributed by atoms with Gasteiger partial charge >= 0.3 is 0 Å². The highest BCUT2D eigenvalue weighted by atomic mass is 16.1. The molecule has 5 rings (SSSR count). The first kappa shape index (κ1) is 23.5. The van der Waals surface area contributed by atoms with Gasteiger partial charge in [-0.25, -0.2) is 24.9 Å². The van der Waals surface area contributed by atoms with Gasteiger partial charge in [0.1, 0.15) is 23.2 Å². The molecule has 1 aliphatic heterocycles. The zero-order valence-electron chi connectivity index (χ0n) is 20.1. The fourth-order valence-corrected chi connectivity index (χ4v) is 4.11. The number of aromatic nitrogens is 5. The van der Waals surface area contributed by atoms with Crippen molar-refractivity contribution in [2.45, 2.75) is 26.2 Å². The van der Waals surface area contributed by atoms with E-state index in [1.165, 1.54) is 0 Å². The van der Waals surface area contributed by atoms with E-state index in [-0.39, 0.29) is 11.8 Å². The molecule has 0 aliphatic carbocycles. The van der Waals surface area contributed by atoms with Gasteiger partial charge in [0, 0.05) is 36.7 Å². The van der Waals surface area contributed by atoms with Gasteiger partial charge in [0.15, 0.2) is 5.82 Å². The molecule has 0 bridgehead atoms. The van der Waals surface area contributed by atoms with Crippen LogP contribution in [0.4, 0.5) is 17.3 Å². The number of anilines is 3. The first-order chi connectivity index (χ1) is 17.6. The van der Waals surface area contributed by atoms with Crippen LogP contribution in [0.25, 0.3) is 11.5 Å². The van der Waals surface area contributed by atoms with E-state index < -0.39 is 0 Å². The Morgan fingerprint density at radius 3 is 2.56 bits per heavy atom. The number of aryl methyl sites for hydroxylation is 1. The van der Waals surface area contributed by atoms with E-state index in [2.05, 4.69) is 40.9 Å². The number of rotatable bonds is 7. The van der Waals surface area contributed by atoms with Crippen molar-refractivity contribution in [2.24, 2.45) is 5.92 Å². The Morgan fingerprint density at radius 2 is 1.78 bits per heavy atom. The van der Waals surface area contributed by atoms with Gasteiger partial charge in [-0.2, -0.15) is 0 Å². The quantitative estimate of drug-likeness (QED) is 0.364. The van der Waals surface area contributed by atoms with Crippen molar-refractivity contribution >= 4 is 23.2 Å². The summed E-state index contributed by atoms with van der Waals surface area (Å²) >= 11 is 0. The molecule has 4 aromatic rings. The molecule has 182 valence electrons. The maximum Gasteiger partial charge on any atom is 0.228 e. The van der Waals surface area contributed by atoms with E-state index >= 15 is 0 Å². The molecule has 36 heavy (non-hydrogen) atoms. The van der Waals surface area contributed by atoms with Crippen molar-refractivity contribution in [3.05, 3.63) is 84.1 Å². The summed E-state index contributed by atoms with van der Waals surface area (Å²) in [5.41, 5.74) is 3.48. The molecule has 1 aliphatic rings. The van der Waals surface area contributed by atoms with Crippen LogP contribution in [0.2, 0.25) is 0 Å². The van der Waals surface area contributed by atoms with Crippen LogP contribution in [0.3, 0.4) is 0 Å². The van der Waals surface area contributed by atoms with Crippen LogP contribution >= 0.6 is 0 Å². The molecule has 9 heteroatoms. The highest BCUT2D eigenvalue weighted by Gasteiger charge is 2.20. The Bertz CT molecular complexity index is 1340. The third-order valence-electron chi connectivity index (χ3n) is 5.99. The Hall–Kier alpha value is -4.24. The van der Waals surface area contributed by atoms with Gasteiger partial charge in [-0.15, -0.1) is 0 Å². The maximum absolute atomic E-state index is 12.5. The van der Waals surface area contributed by atoms with E-state index in [0.717, 1.165) is 48.6 Å². The van der Waals surface area contributed by atoms with Gasteiger partial charge in [0.05, 0.1) is 5.92 Å². The number of carbonyl (C=O) groups is 1. The number of hydrogen-bond acceptors (Lipinski definition) is 8. The van der Waals surface area contributed by atoms with Crippen LogP contribution in [0.15, 0.2) is 67.0 Å². The van der Waals surface area contributed by atoms with E-state index in [0.29, 0.717) is 29.7 Å². The second kappa shape index (κ2) is 11.0. The molecule has 0 saturated carbocycles. The van der Waals surface area contributed by atoms with E-state index in [4.69, 9.17) is 0 Å². The van der Waals surface area contributed by atoms with Gasteiger partial charge in [-0.1, -0.05) is 18.2 Å². The van der Waals surface area contributed by atoms with Gasteiger partial charge in [-0.3, -0.25) is 4.79 Å². The lowest BCUT2D eigenvalue weighted by Crippen LogP contribution is -2.37. The Labute approximate surface area is 209 Å². The van der Waals surface area contributed by atoms with E-state index in [1.807, 2.05) is 49.4 Å². The van der Waals surface area contributed by atoms with Crippen LogP contribution in [-0.2, 0) is 11.2 Å². The summed E-state index contributed by atoms with van der Waals surface area (Å²) in [6.45, 7) is 3.67. The number of hydrogen-bond donors (Lipinski definition) is 3. The van der Waals surface area contributed by atoms with Crippen molar-refractivity contribution in [3.63, 3.8) is 0 Å². The summed E-state index contributed by atoms with van der Waals surface area (Å²) in [6.07, 6.45) is 5.95. The van der Waals surface area contributed by atoms with Gasteiger partial charge < -0.3 is 16.0 Å². The molecule has 9 nitrogen and oxygen atoms in total. The first-order valence-corrected chi connectivity index (χ1v) is 12.1.